The van der Waals surface area contributed by atoms with Gasteiger partial charge in [-0.3, -0.25) is 19.7 Å². The van der Waals surface area contributed by atoms with Crippen molar-refractivity contribution < 1.29 is 19.2 Å². The number of hydrogen-bond acceptors (Lipinski definition) is 5. The Bertz CT molecular complexity index is 1220. The van der Waals surface area contributed by atoms with E-state index in [4.69, 9.17) is 4.74 Å². The van der Waals surface area contributed by atoms with E-state index < -0.39 is 4.92 Å². The number of ether oxygens (including phenoxy) is 1. The highest BCUT2D eigenvalue weighted by molar-refractivity contribution is 14.1. The van der Waals surface area contributed by atoms with Crippen molar-refractivity contribution >= 4 is 96.6 Å². The van der Waals surface area contributed by atoms with Crippen LogP contribution in [0.1, 0.15) is 17.3 Å². The fourth-order valence-corrected chi connectivity index (χ4v) is 5.09. The van der Waals surface area contributed by atoms with Crippen LogP contribution in [0.3, 0.4) is 0 Å². The van der Waals surface area contributed by atoms with Gasteiger partial charge >= 0.3 is 0 Å². The predicted molar refractivity (Wildman–Crippen MR) is 146 cm³/mol. The normalized spacial score (nSPS) is 10.4. The van der Waals surface area contributed by atoms with E-state index >= 15 is 0 Å². The van der Waals surface area contributed by atoms with Crippen LogP contribution in [0.25, 0.3) is 0 Å². The van der Waals surface area contributed by atoms with Gasteiger partial charge in [-0.05, 0) is 104 Å². The average Bonchev–Trinajstić information content (AvgIpc) is 2.71. The lowest BCUT2D eigenvalue weighted by Gasteiger charge is -2.11. The van der Waals surface area contributed by atoms with Crippen LogP contribution in [0.5, 0.6) is 11.5 Å². The molecular formula is C21H14I3N3O5. The van der Waals surface area contributed by atoms with Crippen molar-refractivity contribution in [3.8, 4) is 11.5 Å². The molecule has 0 saturated heterocycles. The molecule has 2 N–H and O–H groups in total. The quantitative estimate of drug-likeness (QED) is 0.130. The number of nitro benzene ring substituents is 1. The Kier molecular flexibility index (Phi) is 8.26. The maximum Gasteiger partial charge on any atom is 0.275 e. The summed E-state index contributed by atoms with van der Waals surface area (Å²) in [6.45, 7) is 1.40. The first kappa shape index (κ1) is 24.6. The van der Waals surface area contributed by atoms with E-state index in [9.17, 15) is 19.7 Å². The summed E-state index contributed by atoms with van der Waals surface area (Å²) in [5, 5.41) is 16.8. The van der Waals surface area contributed by atoms with Crippen molar-refractivity contribution in [2.24, 2.45) is 0 Å². The first-order chi connectivity index (χ1) is 15.1. The number of benzene rings is 3. The number of nitrogens with zero attached hydrogens (tertiary/aromatic N) is 1. The van der Waals surface area contributed by atoms with Crippen molar-refractivity contribution in [1.82, 2.24) is 0 Å². The summed E-state index contributed by atoms with van der Waals surface area (Å²) < 4.78 is 8.38. The van der Waals surface area contributed by atoms with Gasteiger partial charge in [0.15, 0.2) is 0 Å². The number of rotatable bonds is 6. The molecule has 32 heavy (non-hydrogen) atoms. The lowest BCUT2D eigenvalue weighted by molar-refractivity contribution is -0.384. The maximum atomic E-state index is 12.8. The van der Waals surface area contributed by atoms with E-state index in [1.54, 1.807) is 30.3 Å². The molecule has 0 fully saturated rings. The third-order valence-corrected chi connectivity index (χ3v) is 7.68. The molecule has 0 heterocycles. The predicted octanol–water partition coefficient (Wildman–Crippen LogP) is 6.41. The molecule has 0 aliphatic carbocycles. The third-order valence-electron chi connectivity index (χ3n) is 4.01. The zero-order valence-electron chi connectivity index (χ0n) is 16.3. The molecule has 0 unspecified atom stereocenters. The van der Waals surface area contributed by atoms with E-state index in [0.29, 0.717) is 17.0 Å². The van der Waals surface area contributed by atoms with Gasteiger partial charge in [0.25, 0.3) is 11.6 Å². The number of carbonyl (C=O) groups is 2. The second-order valence-corrected chi connectivity index (χ2v) is 9.97. The van der Waals surface area contributed by atoms with Gasteiger partial charge < -0.3 is 15.4 Å². The Morgan fingerprint density at radius 1 is 0.906 bits per heavy atom. The first-order valence-electron chi connectivity index (χ1n) is 8.93. The SMILES string of the molecule is CC(=O)Nc1ccc(Oc2cc(NC(=O)c3cc(I)cc(I)c3I)cc([N+](=O)[O-])c2)cc1. The Morgan fingerprint density at radius 3 is 2.22 bits per heavy atom. The summed E-state index contributed by atoms with van der Waals surface area (Å²) in [4.78, 5) is 34.8. The molecular weight excluding hydrogens is 755 g/mol. The van der Waals surface area contributed by atoms with Crippen molar-refractivity contribution in [1.29, 1.82) is 0 Å². The summed E-state index contributed by atoms with van der Waals surface area (Å²) in [6.07, 6.45) is 0. The summed E-state index contributed by atoms with van der Waals surface area (Å²) in [7, 11) is 0. The largest absolute Gasteiger partial charge is 0.457 e. The Labute approximate surface area is 224 Å². The topological polar surface area (TPSA) is 111 Å². The van der Waals surface area contributed by atoms with E-state index in [-0.39, 0.29) is 28.9 Å². The van der Waals surface area contributed by atoms with Gasteiger partial charge in [-0.15, -0.1) is 0 Å². The minimum atomic E-state index is -0.555. The van der Waals surface area contributed by atoms with Crippen LogP contribution < -0.4 is 15.4 Å². The molecule has 0 atom stereocenters. The highest BCUT2D eigenvalue weighted by Gasteiger charge is 2.17. The molecule has 0 aliphatic rings. The zero-order chi connectivity index (χ0) is 23.4. The molecule has 0 aliphatic heterocycles. The molecule has 11 heteroatoms. The second-order valence-electron chi connectivity index (χ2n) is 6.48. The molecule has 0 saturated carbocycles. The Hall–Kier alpha value is -2.01. The number of nitrogens with one attached hydrogen (secondary N) is 2. The number of carbonyl (C=O) groups excluding carboxylic acids is 2. The van der Waals surface area contributed by atoms with Crippen LogP contribution in [-0.2, 0) is 4.79 Å². The molecule has 0 bridgehead atoms. The molecule has 3 aromatic carbocycles. The van der Waals surface area contributed by atoms with Crippen LogP contribution in [0.15, 0.2) is 54.6 Å². The van der Waals surface area contributed by atoms with E-state index in [2.05, 4.69) is 78.4 Å². The molecule has 0 spiro atoms. The van der Waals surface area contributed by atoms with Crippen molar-refractivity contribution in [2.75, 3.05) is 10.6 Å². The van der Waals surface area contributed by atoms with Crippen LogP contribution in [0.2, 0.25) is 0 Å². The average molecular weight is 769 g/mol. The first-order valence-corrected chi connectivity index (χ1v) is 12.2. The molecule has 3 rings (SSSR count). The lowest BCUT2D eigenvalue weighted by Crippen LogP contribution is -2.14. The number of anilines is 2. The van der Waals surface area contributed by atoms with Gasteiger partial charge in [-0.2, -0.15) is 0 Å². The van der Waals surface area contributed by atoms with Gasteiger partial charge in [0, 0.05) is 35.5 Å². The number of hydrogen-bond donors (Lipinski definition) is 2. The maximum absolute atomic E-state index is 12.8. The van der Waals surface area contributed by atoms with Gasteiger partial charge in [0.05, 0.1) is 22.2 Å². The standard InChI is InChI=1S/C21H14I3N3O5/c1-11(28)25-13-2-4-16(5-3-13)32-17-9-14(8-15(10-17)27(30)31)26-21(29)18-6-12(22)7-19(23)20(18)24/h2-10H,1H3,(H,25,28)(H,26,29). The fraction of sp³-hybridized carbons (Fsp3) is 0.0476. The minimum absolute atomic E-state index is 0.189. The van der Waals surface area contributed by atoms with Crippen LogP contribution in [-0.4, -0.2) is 16.7 Å². The van der Waals surface area contributed by atoms with Crippen molar-refractivity contribution in [2.45, 2.75) is 6.92 Å². The molecule has 0 aromatic heterocycles. The number of halogens is 3. The smallest absolute Gasteiger partial charge is 0.275 e. The fourth-order valence-electron chi connectivity index (χ4n) is 2.69. The Balaban J connectivity index is 1.87. The van der Waals surface area contributed by atoms with E-state index in [0.717, 1.165) is 10.7 Å². The highest BCUT2D eigenvalue weighted by Crippen LogP contribution is 2.31. The van der Waals surface area contributed by atoms with Gasteiger partial charge in [-0.25, -0.2) is 0 Å². The van der Waals surface area contributed by atoms with Crippen LogP contribution >= 0.6 is 67.8 Å². The zero-order valence-corrected chi connectivity index (χ0v) is 22.8. The molecule has 2 amide bonds. The molecule has 3 aromatic rings. The second kappa shape index (κ2) is 10.7. The van der Waals surface area contributed by atoms with Crippen molar-refractivity contribution in [3.05, 3.63) is 81.0 Å². The summed E-state index contributed by atoms with van der Waals surface area (Å²) in [5.41, 5.74) is 1.08. The van der Waals surface area contributed by atoms with Crippen LogP contribution in [0.4, 0.5) is 17.1 Å². The third kappa shape index (κ3) is 6.50. The minimum Gasteiger partial charge on any atom is -0.457 e. The number of amides is 2. The molecule has 0 radical (unpaired) electrons. The van der Waals surface area contributed by atoms with Gasteiger partial charge in [0.2, 0.25) is 5.91 Å². The van der Waals surface area contributed by atoms with E-state index in [1.165, 1.54) is 25.1 Å². The summed E-state index contributed by atoms with van der Waals surface area (Å²) in [5.74, 6) is 0.0272. The lowest BCUT2D eigenvalue weighted by atomic mass is 10.2. The summed E-state index contributed by atoms with van der Waals surface area (Å²) >= 11 is 6.38. The summed E-state index contributed by atoms with van der Waals surface area (Å²) in [6, 6.07) is 14.3. The van der Waals surface area contributed by atoms with Crippen LogP contribution in [0, 0.1) is 20.8 Å². The highest BCUT2D eigenvalue weighted by atomic mass is 127. The number of nitro groups is 1. The molecule has 164 valence electrons. The van der Waals surface area contributed by atoms with Gasteiger partial charge in [0.1, 0.15) is 11.5 Å². The monoisotopic (exact) mass is 769 g/mol. The van der Waals surface area contributed by atoms with Gasteiger partial charge in [-0.1, -0.05) is 0 Å². The van der Waals surface area contributed by atoms with Crippen molar-refractivity contribution in [3.63, 3.8) is 0 Å². The number of non-ortho nitro benzene ring substituents is 1. The Morgan fingerprint density at radius 2 is 1.59 bits per heavy atom. The van der Waals surface area contributed by atoms with E-state index in [1.807, 2.05) is 6.07 Å². The molecule has 8 nitrogen and oxygen atoms in total.